The molecule has 0 saturated heterocycles. The molecule has 0 amide bonds. The highest BCUT2D eigenvalue weighted by Gasteiger charge is 2.16. The van der Waals surface area contributed by atoms with Crippen LogP contribution in [-0.2, 0) is 6.54 Å². The van der Waals surface area contributed by atoms with Gasteiger partial charge in [-0.3, -0.25) is 4.99 Å². The number of halogens is 4. The molecule has 1 aromatic carbocycles. The van der Waals surface area contributed by atoms with E-state index in [2.05, 4.69) is 36.3 Å². The molecule has 0 spiro atoms. The lowest BCUT2D eigenvalue weighted by Crippen LogP contribution is -2.42. The summed E-state index contributed by atoms with van der Waals surface area (Å²) in [5.41, 5.74) is 0.643. The molecule has 0 aromatic heterocycles. The minimum absolute atomic E-state index is 0. The van der Waals surface area contributed by atoms with E-state index in [1.54, 1.807) is 19.2 Å². The van der Waals surface area contributed by atoms with Crippen LogP contribution in [0.4, 0.5) is 8.78 Å². The Morgan fingerprint density at radius 2 is 2.09 bits per heavy atom. The van der Waals surface area contributed by atoms with Crippen molar-refractivity contribution in [2.24, 2.45) is 4.99 Å². The van der Waals surface area contributed by atoms with Crippen molar-refractivity contribution in [3.8, 4) is 5.75 Å². The minimum atomic E-state index is -2.84. The van der Waals surface area contributed by atoms with Gasteiger partial charge in [-0.1, -0.05) is 28.8 Å². The molecule has 0 unspecified atom stereocenters. The Morgan fingerprint density at radius 1 is 1.39 bits per heavy atom. The Kier molecular flexibility index (Phi) is 9.11. The van der Waals surface area contributed by atoms with Crippen LogP contribution < -0.4 is 15.4 Å². The second-order valence-electron chi connectivity index (χ2n) is 5.18. The number of rotatable bonds is 5. The first kappa shape index (κ1) is 20.4. The third-order valence-corrected chi connectivity index (χ3v) is 4.10. The fourth-order valence-electron chi connectivity index (χ4n) is 2.53. The second kappa shape index (κ2) is 10.3. The van der Waals surface area contributed by atoms with Gasteiger partial charge in [-0.05, 0) is 31.0 Å². The average Bonchev–Trinajstić information content (AvgIpc) is 2.98. The third kappa shape index (κ3) is 6.78. The molecular formula is C15H21BrF2IN3O. The summed E-state index contributed by atoms with van der Waals surface area (Å²) in [4.78, 5) is 4.17. The zero-order valence-electron chi connectivity index (χ0n) is 12.8. The van der Waals surface area contributed by atoms with Gasteiger partial charge >= 0.3 is 6.61 Å². The van der Waals surface area contributed by atoms with E-state index in [0.29, 0.717) is 24.1 Å². The fraction of sp³-hybridized carbons (Fsp3) is 0.533. The maximum absolute atomic E-state index is 12.4. The molecule has 1 aromatic rings. The standard InChI is InChI=1S/C15H20BrF2N3O.HI/c1-19-15(21-12-4-2-3-5-12)20-9-10-8-11(16)6-7-13(10)22-14(17)18;/h6-8,12,14H,2-5,9H2,1H3,(H2,19,20,21);1H. The monoisotopic (exact) mass is 503 g/mol. The molecule has 4 nitrogen and oxygen atoms in total. The number of hydrogen-bond acceptors (Lipinski definition) is 2. The number of aliphatic imine (C=N–C) groups is 1. The normalized spacial score (nSPS) is 15.4. The van der Waals surface area contributed by atoms with Crippen LogP contribution >= 0.6 is 39.9 Å². The van der Waals surface area contributed by atoms with Crippen LogP contribution in [0.3, 0.4) is 0 Å². The van der Waals surface area contributed by atoms with Gasteiger partial charge in [0.25, 0.3) is 0 Å². The van der Waals surface area contributed by atoms with Crippen LogP contribution in [0.25, 0.3) is 0 Å². The number of hydrogen-bond donors (Lipinski definition) is 2. The molecule has 2 N–H and O–H groups in total. The molecule has 1 aliphatic carbocycles. The zero-order chi connectivity index (χ0) is 15.9. The number of alkyl halides is 2. The van der Waals surface area contributed by atoms with Gasteiger partial charge in [-0.15, -0.1) is 24.0 Å². The highest BCUT2D eigenvalue weighted by molar-refractivity contribution is 14.0. The largest absolute Gasteiger partial charge is 0.434 e. The van der Waals surface area contributed by atoms with Crippen molar-refractivity contribution < 1.29 is 13.5 Å². The molecule has 0 aliphatic heterocycles. The van der Waals surface area contributed by atoms with Crippen molar-refractivity contribution in [2.45, 2.75) is 44.9 Å². The van der Waals surface area contributed by atoms with E-state index in [-0.39, 0.29) is 29.7 Å². The summed E-state index contributed by atoms with van der Waals surface area (Å²) in [5.74, 6) is 0.844. The lowest BCUT2D eigenvalue weighted by atomic mass is 10.2. The topological polar surface area (TPSA) is 45.7 Å². The number of guanidine groups is 1. The van der Waals surface area contributed by atoms with E-state index < -0.39 is 6.61 Å². The predicted molar refractivity (Wildman–Crippen MR) is 102 cm³/mol. The Hall–Kier alpha value is -0.640. The molecule has 0 heterocycles. The lowest BCUT2D eigenvalue weighted by Gasteiger charge is -2.18. The smallest absolute Gasteiger partial charge is 0.387 e. The number of benzene rings is 1. The van der Waals surface area contributed by atoms with E-state index in [4.69, 9.17) is 0 Å². The third-order valence-electron chi connectivity index (χ3n) is 3.60. The number of nitrogens with one attached hydrogen (secondary N) is 2. The maximum Gasteiger partial charge on any atom is 0.387 e. The summed E-state index contributed by atoms with van der Waals surface area (Å²) in [5, 5.41) is 6.50. The van der Waals surface area contributed by atoms with Crippen LogP contribution in [0, 0.1) is 0 Å². The van der Waals surface area contributed by atoms with Gasteiger partial charge in [-0.2, -0.15) is 8.78 Å². The van der Waals surface area contributed by atoms with Crippen LogP contribution in [0.2, 0.25) is 0 Å². The first-order valence-electron chi connectivity index (χ1n) is 7.29. The van der Waals surface area contributed by atoms with Crippen molar-refractivity contribution in [1.29, 1.82) is 0 Å². The zero-order valence-corrected chi connectivity index (χ0v) is 16.7. The maximum atomic E-state index is 12.4. The van der Waals surface area contributed by atoms with Gasteiger partial charge < -0.3 is 15.4 Å². The van der Waals surface area contributed by atoms with Crippen molar-refractivity contribution in [3.63, 3.8) is 0 Å². The van der Waals surface area contributed by atoms with Gasteiger partial charge in [-0.25, -0.2) is 0 Å². The molecule has 23 heavy (non-hydrogen) atoms. The summed E-state index contributed by atoms with van der Waals surface area (Å²) in [6.07, 6.45) is 4.73. The fourth-order valence-corrected chi connectivity index (χ4v) is 2.94. The van der Waals surface area contributed by atoms with Gasteiger partial charge in [0.05, 0.1) is 0 Å². The van der Waals surface area contributed by atoms with Gasteiger partial charge in [0, 0.05) is 29.7 Å². The van der Waals surface area contributed by atoms with Gasteiger partial charge in [0.1, 0.15) is 5.75 Å². The quantitative estimate of drug-likeness (QED) is 0.358. The summed E-state index contributed by atoms with van der Waals surface area (Å²) < 4.78 is 30.2. The molecule has 0 radical (unpaired) electrons. The molecule has 0 bridgehead atoms. The first-order chi connectivity index (χ1) is 10.6. The highest BCUT2D eigenvalue weighted by Crippen LogP contribution is 2.24. The summed E-state index contributed by atoms with van der Waals surface area (Å²) in [7, 11) is 1.70. The van der Waals surface area contributed by atoms with Crippen molar-refractivity contribution >= 4 is 45.9 Å². The van der Waals surface area contributed by atoms with E-state index in [1.807, 2.05) is 0 Å². The number of nitrogens with zero attached hydrogens (tertiary/aromatic N) is 1. The van der Waals surface area contributed by atoms with Crippen molar-refractivity contribution in [1.82, 2.24) is 10.6 Å². The molecule has 130 valence electrons. The van der Waals surface area contributed by atoms with E-state index in [0.717, 1.165) is 17.3 Å². The second-order valence-corrected chi connectivity index (χ2v) is 6.10. The van der Waals surface area contributed by atoms with E-state index >= 15 is 0 Å². The molecule has 1 saturated carbocycles. The predicted octanol–water partition coefficient (Wildman–Crippen LogP) is 4.28. The van der Waals surface area contributed by atoms with E-state index in [1.165, 1.54) is 18.9 Å². The Balaban J connectivity index is 0.00000264. The molecule has 0 atom stereocenters. The van der Waals surface area contributed by atoms with Crippen LogP contribution in [0.1, 0.15) is 31.2 Å². The summed E-state index contributed by atoms with van der Waals surface area (Å²) >= 11 is 3.34. The summed E-state index contributed by atoms with van der Waals surface area (Å²) in [6.45, 7) is -2.48. The Morgan fingerprint density at radius 3 is 2.70 bits per heavy atom. The van der Waals surface area contributed by atoms with Crippen LogP contribution in [0.15, 0.2) is 27.7 Å². The van der Waals surface area contributed by atoms with Crippen LogP contribution in [-0.4, -0.2) is 25.7 Å². The number of ether oxygens (including phenoxy) is 1. The average molecular weight is 504 g/mol. The van der Waals surface area contributed by atoms with Crippen molar-refractivity contribution in [3.05, 3.63) is 28.2 Å². The summed E-state index contributed by atoms with van der Waals surface area (Å²) in [6, 6.07) is 5.39. The molecule has 8 heteroatoms. The highest BCUT2D eigenvalue weighted by atomic mass is 127. The minimum Gasteiger partial charge on any atom is -0.434 e. The van der Waals surface area contributed by atoms with E-state index in [9.17, 15) is 8.78 Å². The van der Waals surface area contributed by atoms with Gasteiger partial charge in [0.15, 0.2) is 5.96 Å². The molecule has 1 aliphatic rings. The molecular weight excluding hydrogens is 483 g/mol. The van der Waals surface area contributed by atoms with Crippen molar-refractivity contribution in [2.75, 3.05) is 7.05 Å². The SMILES string of the molecule is CN=C(NCc1cc(Br)ccc1OC(F)F)NC1CCCC1.I. The lowest BCUT2D eigenvalue weighted by molar-refractivity contribution is -0.0504. The van der Waals surface area contributed by atoms with Gasteiger partial charge in [0.2, 0.25) is 0 Å². The Bertz CT molecular complexity index is 525. The Labute approximate surface area is 160 Å². The first-order valence-corrected chi connectivity index (χ1v) is 8.08. The molecule has 2 rings (SSSR count). The van der Waals surface area contributed by atoms with Crippen LogP contribution in [0.5, 0.6) is 5.75 Å². The molecule has 1 fully saturated rings.